The predicted molar refractivity (Wildman–Crippen MR) is 154 cm³/mol. The molecule has 232 valence electrons. The molecule has 1 aliphatic heterocycles. The number of benzene rings is 1. The van der Waals surface area contributed by atoms with E-state index in [1.54, 1.807) is 41.5 Å². The maximum atomic E-state index is 14.1. The Hall–Kier alpha value is -5.19. The molecule has 0 aliphatic carbocycles. The Morgan fingerprint density at radius 1 is 1.16 bits per heavy atom. The molecule has 44 heavy (non-hydrogen) atoms. The lowest BCUT2D eigenvalue weighted by Crippen LogP contribution is -2.43. The number of halogens is 1. The van der Waals surface area contributed by atoms with Crippen molar-refractivity contribution in [2.24, 2.45) is 7.05 Å². The minimum absolute atomic E-state index is 0.0308. The molecule has 0 bridgehead atoms. The average Bonchev–Trinajstić information content (AvgIpc) is 3.22. The fraction of sp³-hybridized carbons (Fsp3) is 0.400. The molecule has 3 aromatic rings. The maximum absolute atomic E-state index is 14.1. The SMILES string of the molecule is Cn1nc(CN(C(=O)OC(C)(C)C)C(=O)OC(C)(C)C)c(-c2cnc(N)c(OC3COC(=O)c4ccc(F)cc43)c2)c1C#N. The molecule has 0 saturated carbocycles. The fourth-order valence-corrected chi connectivity index (χ4v) is 4.35. The van der Waals surface area contributed by atoms with Gasteiger partial charge in [0.05, 0.1) is 17.8 Å². The summed E-state index contributed by atoms with van der Waals surface area (Å²) in [5, 5.41) is 14.4. The number of imide groups is 1. The Labute approximate surface area is 253 Å². The molecule has 14 heteroatoms. The van der Waals surface area contributed by atoms with E-state index in [1.165, 1.54) is 36.1 Å². The van der Waals surface area contributed by atoms with Gasteiger partial charge in [0.2, 0.25) is 0 Å². The smallest absolute Gasteiger partial charge is 0.420 e. The largest absolute Gasteiger partial charge is 0.478 e. The van der Waals surface area contributed by atoms with Crippen molar-refractivity contribution in [3.8, 4) is 22.9 Å². The third-order valence-electron chi connectivity index (χ3n) is 6.15. The third-order valence-corrected chi connectivity index (χ3v) is 6.15. The number of nitrogens with two attached hydrogens (primary N) is 1. The fourth-order valence-electron chi connectivity index (χ4n) is 4.35. The van der Waals surface area contributed by atoms with Crippen LogP contribution in [0.1, 0.15) is 75.0 Å². The number of aryl methyl sites for hydroxylation is 1. The van der Waals surface area contributed by atoms with Crippen LogP contribution in [0.4, 0.5) is 19.8 Å². The van der Waals surface area contributed by atoms with Gasteiger partial charge in [-0.1, -0.05) is 0 Å². The van der Waals surface area contributed by atoms with Crippen LogP contribution in [0, 0.1) is 17.1 Å². The van der Waals surface area contributed by atoms with E-state index in [9.17, 15) is 24.0 Å². The molecule has 13 nitrogen and oxygen atoms in total. The number of amides is 2. The number of fused-ring (bicyclic) bond motifs is 1. The van der Waals surface area contributed by atoms with E-state index in [2.05, 4.69) is 16.2 Å². The molecule has 1 aromatic carbocycles. The molecule has 1 unspecified atom stereocenters. The topological polar surface area (TPSA) is 172 Å². The number of aromatic nitrogens is 3. The lowest BCUT2D eigenvalue weighted by atomic mass is 10.00. The number of esters is 1. The van der Waals surface area contributed by atoms with Gasteiger partial charge in [0, 0.05) is 29.9 Å². The van der Waals surface area contributed by atoms with Crippen LogP contribution in [0.5, 0.6) is 5.75 Å². The summed E-state index contributed by atoms with van der Waals surface area (Å²) >= 11 is 0. The van der Waals surface area contributed by atoms with E-state index in [-0.39, 0.29) is 46.3 Å². The van der Waals surface area contributed by atoms with Gasteiger partial charge in [-0.05, 0) is 65.8 Å². The summed E-state index contributed by atoms with van der Waals surface area (Å²) in [4.78, 5) is 43.5. The first kappa shape index (κ1) is 31.7. The van der Waals surface area contributed by atoms with Crippen molar-refractivity contribution in [3.63, 3.8) is 0 Å². The lowest BCUT2D eigenvalue weighted by Gasteiger charge is -2.28. The van der Waals surface area contributed by atoms with Crippen molar-refractivity contribution >= 4 is 24.0 Å². The van der Waals surface area contributed by atoms with Gasteiger partial charge in [-0.3, -0.25) is 4.68 Å². The zero-order chi connectivity index (χ0) is 32.6. The van der Waals surface area contributed by atoms with E-state index in [4.69, 9.17) is 24.7 Å². The number of pyridine rings is 1. The first-order valence-electron chi connectivity index (χ1n) is 13.6. The maximum Gasteiger partial charge on any atom is 0.420 e. The number of anilines is 1. The lowest BCUT2D eigenvalue weighted by molar-refractivity contribution is -0.000528. The van der Waals surface area contributed by atoms with Crippen molar-refractivity contribution < 1.29 is 37.7 Å². The molecule has 3 heterocycles. The van der Waals surface area contributed by atoms with Crippen LogP contribution in [0.15, 0.2) is 30.5 Å². The van der Waals surface area contributed by atoms with Crippen molar-refractivity contribution in [2.75, 3.05) is 12.3 Å². The van der Waals surface area contributed by atoms with Gasteiger partial charge in [-0.25, -0.2) is 28.7 Å². The highest BCUT2D eigenvalue weighted by Crippen LogP contribution is 2.36. The summed E-state index contributed by atoms with van der Waals surface area (Å²) in [5.74, 6) is -1.16. The zero-order valence-electron chi connectivity index (χ0n) is 25.4. The Kier molecular flexibility index (Phi) is 8.53. The van der Waals surface area contributed by atoms with Gasteiger partial charge >= 0.3 is 18.2 Å². The van der Waals surface area contributed by atoms with Crippen LogP contribution in [-0.4, -0.2) is 55.6 Å². The Balaban J connectivity index is 1.75. The highest BCUT2D eigenvalue weighted by Gasteiger charge is 2.34. The van der Waals surface area contributed by atoms with E-state index >= 15 is 0 Å². The number of hydrogen-bond acceptors (Lipinski definition) is 11. The molecule has 0 saturated heterocycles. The number of ether oxygens (including phenoxy) is 4. The van der Waals surface area contributed by atoms with Gasteiger partial charge in [0.25, 0.3) is 0 Å². The molecule has 2 N–H and O–H groups in total. The minimum Gasteiger partial charge on any atom is -0.478 e. The van der Waals surface area contributed by atoms with Gasteiger partial charge in [0.1, 0.15) is 35.4 Å². The number of nitrogen functional groups attached to an aromatic ring is 1. The highest BCUT2D eigenvalue weighted by molar-refractivity contribution is 5.92. The van der Waals surface area contributed by atoms with Crippen LogP contribution in [0.25, 0.3) is 11.1 Å². The number of hydrogen-bond donors (Lipinski definition) is 1. The standard InChI is InChI=1S/C30H33FN6O7/c1-29(2,3)43-27(39)37(28(40)44-30(4,5)6)14-20-24(21(12-32)36(7)35-20)16-10-22(25(33)34-13-16)42-23-15-41-26(38)18-9-8-17(31)11-19(18)23/h8-11,13,23H,14-15H2,1-7H3,(H2,33,34). The quantitative estimate of drug-likeness (QED) is 0.304. The van der Waals surface area contributed by atoms with Crippen molar-refractivity contribution in [2.45, 2.75) is 65.4 Å². The van der Waals surface area contributed by atoms with E-state index < -0.39 is 47.8 Å². The summed E-state index contributed by atoms with van der Waals surface area (Å²) in [6.07, 6.45) is -1.47. The predicted octanol–water partition coefficient (Wildman–Crippen LogP) is 5.04. The van der Waals surface area contributed by atoms with E-state index in [0.717, 1.165) is 11.0 Å². The van der Waals surface area contributed by atoms with Crippen LogP contribution < -0.4 is 10.5 Å². The summed E-state index contributed by atoms with van der Waals surface area (Å²) < 4.78 is 37.5. The molecule has 2 aromatic heterocycles. The Bertz CT molecular complexity index is 1640. The molecule has 2 amide bonds. The number of carbonyl (C=O) groups excluding carboxylic acids is 3. The van der Waals surface area contributed by atoms with Crippen molar-refractivity contribution in [1.29, 1.82) is 5.26 Å². The molecule has 0 radical (unpaired) electrons. The van der Waals surface area contributed by atoms with Crippen molar-refractivity contribution in [1.82, 2.24) is 19.7 Å². The first-order chi connectivity index (χ1) is 20.5. The number of cyclic esters (lactones) is 1. The van der Waals surface area contributed by atoms with Crippen LogP contribution >= 0.6 is 0 Å². The second-order valence-electron chi connectivity index (χ2n) is 12.0. The third kappa shape index (κ3) is 7.05. The summed E-state index contributed by atoms with van der Waals surface area (Å²) in [7, 11) is 1.53. The Morgan fingerprint density at radius 3 is 2.39 bits per heavy atom. The highest BCUT2D eigenvalue weighted by atomic mass is 19.1. The number of rotatable bonds is 5. The molecule has 0 spiro atoms. The summed E-state index contributed by atoms with van der Waals surface area (Å²) in [5.41, 5.74) is 5.48. The zero-order valence-corrected chi connectivity index (χ0v) is 25.4. The number of nitrogens with zero attached hydrogens (tertiary/aromatic N) is 5. The second-order valence-corrected chi connectivity index (χ2v) is 12.0. The van der Waals surface area contributed by atoms with Crippen LogP contribution in [0.2, 0.25) is 0 Å². The van der Waals surface area contributed by atoms with Crippen LogP contribution in [-0.2, 0) is 27.8 Å². The minimum atomic E-state index is -0.973. The van der Waals surface area contributed by atoms with Gasteiger partial charge in [-0.15, -0.1) is 0 Å². The van der Waals surface area contributed by atoms with E-state index in [0.29, 0.717) is 5.56 Å². The molecule has 1 atom stereocenters. The monoisotopic (exact) mass is 608 g/mol. The van der Waals surface area contributed by atoms with Crippen LogP contribution in [0.3, 0.4) is 0 Å². The molecule has 1 aliphatic rings. The first-order valence-corrected chi connectivity index (χ1v) is 13.6. The van der Waals surface area contributed by atoms with Gasteiger partial charge in [-0.2, -0.15) is 10.4 Å². The van der Waals surface area contributed by atoms with Gasteiger partial charge < -0.3 is 24.7 Å². The Morgan fingerprint density at radius 2 is 1.80 bits per heavy atom. The molecular formula is C30H33FN6O7. The van der Waals surface area contributed by atoms with Crippen molar-refractivity contribution in [3.05, 3.63) is 58.8 Å². The number of nitriles is 1. The second kappa shape index (κ2) is 11.8. The summed E-state index contributed by atoms with van der Waals surface area (Å²) in [6, 6.07) is 7.21. The summed E-state index contributed by atoms with van der Waals surface area (Å²) in [6.45, 7) is 9.29. The molecule has 0 fully saturated rings. The van der Waals surface area contributed by atoms with Gasteiger partial charge in [0.15, 0.2) is 17.7 Å². The molecule has 4 rings (SSSR count). The normalized spacial score (nSPS) is 14.6. The average molecular weight is 609 g/mol. The molecular weight excluding hydrogens is 575 g/mol. The van der Waals surface area contributed by atoms with E-state index in [1.807, 2.05) is 0 Å². The number of carbonyl (C=O) groups is 3.